The summed E-state index contributed by atoms with van der Waals surface area (Å²) in [7, 11) is 0. The van der Waals surface area contributed by atoms with Crippen LogP contribution in [-0.4, -0.2) is 25.0 Å². The fraction of sp³-hybridized carbons (Fsp3) is 0.400. The molecule has 0 amide bonds. The van der Waals surface area contributed by atoms with Gasteiger partial charge in [0.05, 0.1) is 25.4 Å². The Bertz CT molecular complexity index is 819. The minimum absolute atomic E-state index is 0.0635. The number of ether oxygens (including phenoxy) is 2. The van der Waals surface area contributed by atoms with E-state index >= 15 is 0 Å². The molecule has 0 aromatic heterocycles. The first-order valence-electron chi connectivity index (χ1n) is 6.91. The Hall–Kier alpha value is -2.19. The third-order valence-electron chi connectivity index (χ3n) is 4.89. The zero-order valence-electron chi connectivity index (χ0n) is 11.7. The van der Waals surface area contributed by atoms with Crippen LogP contribution in [0.5, 0.6) is 0 Å². The molecule has 3 aliphatic rings. The van der Waals surface area contributed by atoms with Gasteiger partial charge in [-0.1, -0.05) is 17.7 Å². The van der Waals surface area contributed by atoms with Crippen LogP contribution in [0.2, 0.25) is 5.02 Å². The van der Waals surface area contributed by atoms with Crippen LogP contribution >= 0.6 is 11.6 Å². The molecule has 2 N–H and O–H groups in total. The van der Waals surface area contributed by atoms with Gasteiger partial charge in [-0.05, 0) is 12.1 Å². The molecule has 1 aromatic carbocycles. The molecule has 23 heavy (non-hydrogen) atoms. The monoisotopic (exact) mass is 332 g/mol. The van der Waals surface area contributed by atoms with Crippen molar-refractivity contribution in [3.8, 4) is 12.1 Å². The molecule has 6 nitrogen and oxygen atoms in total. The topological polar surface area (TPSA) is 104 Å². The van der Waals surface area contributed by atoms with E-state index in [1.54, 1.807) is 0 Å². The van der Waals surface area contributed by atoms with Crippen molar-refractivity contribution in [1.29, 1.82) is 10.5 Å². The highest BCUT2D eigenvalue weighted by Gasteiger charge is 2.94. The van der Waals surface area contributed by atoms with Gasteiger partial charge < -0.3 is 15.2 Å². The van der Waals surface area contributed by atoms with Crippen LogP contribution in [-0.2, 0) is 9.47 Å². The maximum absolute atomic E-state index is 14.4. The van der Waals surface area contributed by atoms with Crippen molar-refractivity contribution in [2.24, 2.45) is 21.6 Å². The first-order valence-corrected chi connectivity index (χ1v) is 7.28. The van der Waals surface area contributed by atoms with E-state index < -0.39 is 28.5 Å². The van der Waals surface area contributed by atoms with Crippen molar-refractivity contribution in [1.82, 2.24) is 0 Å². The Kier molecular flexibility index (Phi) is 2.64. The van der Waals surface area contributed by atoms with Crippen LogP contribution in [0.25, 0.3) is 0 Å². The summed E-state index contributed by atoms with van der Waals surface area (Å²) in [4.78, 5) is 4.11. The molecule has 1 aliphatic carbocycles. The summed E-state index contributed by atoms with van der Waals surface area (Å²) in [6, 6.07) is 8.30. The third kappa shape index (κ3) is 1.29. The lowest BCUT2D eigenvalue weighted by atomic mass is 9.94. The van der Waals surface area contributed by atoms with E-state index in [4.69, 9.17) is 26.8 Å². The first-order chi connectivity index (χ1) is 11.0. The predicted molar refractivity (Wildman–Crippen MR) is 76.5 cm³/mol. The molecule has 1 saturated heterocycles. The molecule has 8 heteroatoms. The minimum Gasteiger partial charge on any atom is -0.386 e. The van der Waals surface area contributed by atoms with E-state index in [1.807, 2.05) is 6.07 Å². The fourth-order valence-electron chi connectivity index (χ4n) is 3.94. The normalized spacial score (nSPS) is 36.2. The van der Waals surface area contributed by atoms with Gasteiger partial charge in [-0.3, -0.25) is 0 Å². The van der Waals surface area contributed by atoms with Crippen molar-refractivity contribution >= 4 is 17.4 Å². The van der Waals surface area contributed by atoms with Crippen LogP contribution in [0.1, 0.15) is 11.5 Å². The largest absolute Gasteiger partial charge is 0.386 e. The van der Waals surface area contributed by atoms with E-state index in [9.17, 15) is 14.9 Å². The van der Waals surface area contributed by atoms with Crippen molar-refractivity contribution in [3.63, 3.8) is 0 Å². The van der Waals surface area contributed by atoms with Gasteiger partial charge in [-0.2, -0.15) is 10.5 Å². The third-order valence-corrected chi connectivity index (χ3v) is 5.22. The Morgan fingerprint density at radius 3 is 2.57 bits per heavy atom. The smallest absolute Gasteiger partial charge is 0.293 e. The van der Waals surface area contributed by atoms with E-state index in [2.05, 4.69) is 11.1 Å². The molecule has 2 fully saturated rings. The molecular formula is C15H10ClFN4O2. The molecule has 1 spiro atoms. The number of hydrogen-bond acceptors (Lipinski definition) is 6. The van der Waals surface area contributed by atoms with Crippen LogP contribution < -0.4 is 5.73 Å². The zero-order valence-corrected chi connectivity index (χ0v) is 12.5. The number of fused-ring (bicyclic) bond motifs is 2. The van der Waals surface area contributed by atoms with Gasteiger partial charge in [-0.25, -0.2) is 9.38 Å². The average molecular weight is 333 g/mol. The first kappa shape index (κ1) is 14.4. The summed E-state index contributed by atoms with van der Waals surface area (Å²) in [6.07, 6.45) is 0. The predicted octanol–water partition coefficient (Wildman–Crippen LogP) is 1.67. The molecule has 4 rings (SSSR count). The number of nitrogens with two attached hydrogens (primary N) is 1. The van der Waals surface area contributed by atoms with Crippen molar-refractivity contribution in [2.45, 2.75) is 11.8 Å². The highest BCUT2D eigenvalue weighted by Crippen LogP contribution is 2.82. The maximum atomic E-state index is 14.4. The Labute approximate surface area is 135 Å². The summed E-state index contributed by atoms with van der Waals surface area (Å²) in [5.74, 6) is -3.29. The van der Waals surface area contributed by atoms with E-state index in [0.717, 1.165) is 0 Å². The van der Waals surface area contributed by atoms with E-state index in [1.165, 1.54) is 18.2 Å². The Morgan fingerprint density at radius 1 is 1.30 bits per heavy atom. The standard InChI is InChI=1S/C15H10ClFN4O2/c16-8-2-1-3-9(17)10(8)11-13(6-18)12(20)21-15(14(11,13)7-19)22-4-5-23-15/h1-3,11H,4-5H2,(H2,20,21). The van der Waals surface area contributed by atoms with Crippen molar-refractivity contribution < 1.29 is 13.9 Å². The maximum Gasteiger partial charge on any atom is 0.293 e. The van der Waals surface area contributed by atoms with E-state index in [0.29, 0.717) is 0 Å². The molecule has 0 radical (unpaired) electrons. The summed E-state index contributed by atoms with van der Waals surface area (Å²) in [5, 5.41) is 19.7. The Balaban J connectivity index is 2.00. The van der Waals surface area contributed by atoms with Crippen LogP contribution in [0, 0.1) is 39.3 Å². The highest BCUT2D eigenvalue weighted by atomic mass is 35.5. The summed E-state index contributed by atoms with van der Waals surface area (Å²) in [5.41, 5.74) is 2.95. The molecule has 1 saturated carbocycles. The molecule has 1 aromatic rings. The van der Waals surface area contributed by atoms with Gasteiger partial charge in [0, 0.05) is 16.5 Å². The molecule has 2 aliphatic heterocycles. The number of rotatable bonds is 1. The van der Waals surface area contributed by atoms with Gasteiger partial charge in [0.25, 0.3) is 5.91 Å². The highest BCUT2D eigenvalue weighted by molar-refractivity contribution is 6.31. The second-order valence-electron chi connectivity index (χ2n) is 5.68. The molecule has 116 valence electrons. The number of hydrogen-bond donors (Lipinski definition) is 1. The SMILES string of the molecule is N#CC12C(N)=NC3(OCCO3)C1(C#N)C2c1c(F)cccc1Cl. The van der Waals surface area contributed by atoms with Gasteiger partial charge in [-0.15, -0.1) is 0 Å². The summed E-state index contributed by atoms with van der Waals surface area (Å²) < 4.78 is 25.5. The zero-order chi connectivity index (χ0) is 16.5. The lowest BCUT2D eigenvalue weighted by molar-refractivity contribution is -0.184. The number of aliphatic imine (C=N–C) groups is 1. The molecule has 2 heterocycles. The number of nitriles is 2. The van der Waals surface area contributed by atoms with Gasteiger partial charge in [0.1, 0.15) is 17.1 Å². The van der Waals surface area contributed by atoms with Gasteiger partial charge >= 0.3 is 0 Å². The fourth-order valence-corrected chi connectivity index (χ4v) is 4.21. The quantitative estimate of drug-likeness (QED) is 0.842. The number of amidine groups is 1. The van der Waals surface area contributed by atoms with E-state index in [-0.39, 0.29) is 29.6 Å². The summed E-state index contributed by atoms with van der Waals surface area (Å²) in [6.45, 7) is 0.416. The van der Waals surface area contributed by atoms with Gasteiger partial charge in [0.2, 0.25) is 0 Å². The van der Waals surface area contributed by atoms with Crippen LogP contribution in [0.3, 0.4) is 0 Å². The van der Waals surface area contributed by atoms with Crippen molar-refractivity contribution in [2.75, 3.05) is 13.2 Å². The van der Waals surface area contributed by atoms with Crippen LogP contribution in [0.4, 0.5) is 4.39 Å². The van der Waals surface area contributed by atoms with Gasteiger partial charge in [0.15, 0.2) is 5.41 Å². The second kappa shape index (κ2) is 4.21. The minimum atomic E-state index is -1.68. The number of nitrogens with zero attached hydrogens (tertiary/aromatic N) is 3. The molecule has 3 atom stereocenters. The Morgan fingerprint density at radius 2 is 2.00 bits per heavy atom. The average Bonchev–Trinajstić information content (AvgIpc) is 2.77. The van der Waals surface area contributed by atoms with Crippen molar-refractivity contribution in [3.05, 3.63) is 34.6 Å². The van der Waals surface area contributed by atoms with Crippen LogP contribution in [0.15, 0.2) is 23.2 Å². The number of benzene rings is 1. The molecule has 3 unspecified atom stereocenters. The summed E-state index contributed by atoms with van der Waals surface area (Å²) >= 11 is 6.14. The lowest BCUT2D eigenvalue weighted by Crippen LogP contribution is -2.38. The molecular weight excluding hydrogens is 323 g/mol. The second-order valence-corrected chi connectivity index (χ2v) is 6.09. The lowest BCUT2D eigenvalue weighted by Gasteiger charge is -2.26. The molecule has 0 bridgehead atoms. The number of halogens is 2.